The van der Waals surface area contributed by atoms with Crippen molar-refractivity contribution in [1.29, 1.82) is 0 Å². The van der Waals surface area contributed by atoms with Gasteiger partial charge >= 0.3 is 0 Å². The zero-order chi connectivity index (χ0) is 16.6. The van der Waals surface area contributed by atoms with Crippen LogP contribution in [0, 0.1) is 5.92 Å². The molecule has 1 unspecified atom stereocenters. The van der Waals surface area contributed by atoms with E-state index in [0.717, 1.165) is 25.3 Å². The Morgan fingerprint density at radius 2 is 2.00 bits per heavy atom. The molecule has 3 heterocycles. The number of amides is 1. The van der Waals surface area contributed by atoms with Gasteiger partial charge in [-0.2, -0.15) is 0 Å². The minimum absolute atomic E-state index is 0. The highest BCUT2D eigenvalue weighted by molar-refractivity contribution is 6.33. The Bertz CT molecular complexity index is 602. The lowest BCUT2D eigenvalue weighted by molar-refractivity contribution is 0.0619. The van der Waals surface area contributed by atoms with Gasteiger partial charge in [0.1, 0.15) is 5.75 Å². The number of carbonyl (C=O) groups is 1. The van der Waals surface area contributed by atoms with Crippen LogP contribution in [0.2, 0.25) is 5.02 Å². The third kappa shape index (κ3) is 3.73. The first-order valence-corrected chi connectivity index (χ1v) is 8.45. The molecule has 1 atom stereocenters. The van der Waals surface area contributed by atoms with Crippen LogP contribution in [0.15, 0.2) is 12.1 Å². The Morgan fingerprint density at radius 3 is 2.50 bits per heavy atom. The Hall–Kier alpha value is -1.17. The quantitative estimate of drug-likeness (QED) is 0.880. The molecule has 0 aliphatic carbocycles. The number of rotatable bonds is 4. The van der Waals surface area contributed by atoms with Gasteiger partial charge in [-0.25, -0.2) is 0 Å². The molecule has 3 aliphatic heterocycles. The number of anilines is 1. The first-order chi connectivity index (χ1) is 11.0. The molecule has 0 radical (unpaired) electrons. The van der Waals surface area contributed by atoms with E-state index >= 15 is 0 Å². The Kier molecular flexibility index (Phi) is 6.23. The summed E-state index contributed by atoms with van der Waals surface area (Å²) in [6.45, 7) is 3.26. The molecule has 3 saturated heterocycles. The molecule has 1 aromatic rings. The highest BCUT2D eigenvalue weighted by Gasteiger charge is 2.35. The van der Waals surface area contributed by atoms with Crippen molar-refractivity contribution < 1.29 is 9.53 Å². The maximum absolute atomic E-state index is 12.7. The Morgan fingerprint density at radius 1 is 1.33 bits per heavy atom. The minimum atomic E-state index is -0.104. The summed E-state index contributed by atoms with van der Waals surface area (Å²) in [6, 6.07) is 3.74. The van der Waals surface area contributed by atoms with E-state index in [2.05, 4.69) is 10.2 Å². The predicted molar refractivity (Wildman–Crippen MR) is 100.0 cm³/mol. The molecule has 3 fully saturated rings. The summed E-state index contributed by atoms with van der Waals surface area (Å²) < 4.78 is 5.41. The second kappa shape index (κ2) is 7.81. The van der Waals surface area contributed by atoms with Crippen molar-refractivity contribution in [3.8, 4) is 5.75 Å². The van der Waals surface area contributed by atoms with Gasteiger partial charge in [0.2, 0.25) is 0 Å². The largest absolute Gasteiger partial charge is 0.496 e. The van der Waals surface area contributed by atoms with Crippen molar-refractivity contribution in [2.75, 3.05) is 45.7 Å². The first-order valence-electron chi connectivity index (χ1n) is 8.07. The predicted octanol–water partition coefficient (Wildman–Crippen LogP) is 2.66. The Balaban J connectivity index is 0.00000208. The molecule has 3 aliphatic rings. The molecular weight excluding hydrogens is 349 g/mol. The molecule has 2 bridgehead atoms. The maximum atomic E-state index is 12.7. The maximum Gasteiger partial charge on any atom is 0.255 e. The molecule has 1 amide bonds. The summed E-state index contributed by atoms with van der Waals surface area (Å²) in [5.41, 5.74) is 1.34. The molecule has 1 aromatic carbocycles. The van der Waals surface area contributed by atoms with E-state index in [9.17, 15) is 4.79 Å². The lowest BCUT2D eigenvalue weighted by Crippen LogP contribution is -2.57. The summed E-state index contributed by atoms with van der Waals surface area (Å²) in [5, 5.41) is 3.74. The normalized spacial score (nSPS) is 24.9. The Labute approximate surface area is 154 Å². The molecule has 4 rings (SSSR count). The highest BCUT2D eigenvalue weighted by Crippen LogP contribution is 2.33. The minimum Gasteiger partial charge on any atom is -0.496 e. The van der Waals surface area contributed by atoms with E-state index in [0.29, 0.717) is 22.3 Å². The van der Waals surface area contributed by atoms with Gasteiger partial charge in [0, 0.05) is 32.7 Å². The highest BCUT2D eigenvalue weighted by atomic mass is 35.5. The zero-order valence-corrected chi connectivity index (χ0v) is 15.9. The number of halogens is 2. The number of ether oxygens (including phenoxy) is 1. The van der Waals surface area contributed by atoms with Crippen LogP contribution in [0.5, 0.6) is 5.75 Å². The lowest BCUT2D eigenvalue weighted by atomic mass is 9.84. The SMILES string of the molecule is COc1cc(N(C)C)c(Cl)cc1C(=O)NC1CN2CCC1CC2.Cl. The van der Waals surface area contributed by atoms with Crippen molar-refractivity contribution in [2.24, 2.45) is 5.92 Å². The zero-order valence-electron chi connectivity index (χ0n) is 14.3. The summed E-state index contributed by atoms with van der Waals surface area (Å²) >= 11 is 6.32. The standard InChI is InChI=1S/C17H24ClN3O2.ClH/c1-20(2)15-9-16(23-3)12(8-13(15)18)17(22)19-14-10-21-6-4-11(14)5-7-21;/h8-9,11,14H,4-7,10H2,1-3H3,(H,19,22);1H. The number of fused-ring (bicyclic) bond motifs is 3. The average molecular weight is 374 g/mol. The van der Waals surface area contributed by atoms with E-state index in [1.165, 1.54) is 12.8 Å². The van der Waals surface area contributed by atoms with Gasteiger partial charge in [-0.15, -0.1) is 12.4 Å². The number of nitrogens with one attached hydrogen (secondary N) is 1. The van der Waals surface area contributed by atoms with Crippen molar-refractivity contribution in [3.05, 3.63) is 22.7 Å². The monoisotopic (exact) mass is 373 g/mol. The second-order valence-electron chi connectivity index (χ2n) is 6.62. The summed E-state index contributed by atoms with van der Waals surface area (Å²) in [5.74, 6) is 1.04. The third-order valence-electron chi connectivity index (χ3n) is 4.97. The third-order valence-corrected chi connectivity index (χ3v) is 5.27. The number of methoxy groups -OCH3 is 1. The van der Waals surface area contributed by atoms with Crippen molar-refractivity contribution in [3.63, 3.8) is 0 Å². The van der Waals surface area contributed by atoms with Gasteiger partial charge in [0.05, 0.1) is 23.4 Å². The number of hydrogen-bond acceptors (Lipinski definition) is 4. The van der Waals surface area contributed by atoms with Crippen LogP contribution in [0.4, 0.5) is 5.69 Å². The van der Waals surface area contributed by atoms with E-state index in [4.69, 9.17) is 16.3 Å². The van der Waals surface area contributed by atoms with Crippen LogP contribution in [-0.4, -0.2) is 57.7 Å². The van der Waals surface area contributed by atoms with E-state index in [1.807, 2.05) is 25.1 Å². The number of benzene rings is 1. The fraction of sp³-hybridized carbons (Fsp3) is 0.588. The van der Waals surface area contributed by atoms with Crippen LogP contribution in [0.25, 0.3) is 0 Å². The molecule has 0 spiro atoms. The average Bonchev–Trinajstić information content (AvgIpc) is 2.55. The smallest absolute Gasteiger partial charge is 0.255 e. The van der Waals surface area contributed by atoms with Crippen LogP contribution < -0.4 is 15.0 Å². The number of carbonyl (C=O) groups excluding carboxylic acids is 1. The van der Waals surface area contributed by atoms with Gasteiger partial charge in [0.25, 0.3) is 5.91 Å². The van der Waals surface area contributed by atoms with Crippen molar-refractivity contribution in [2.45, 2.75) is 18.9 Å². The van der Waals surface area contributed by atoms with Gasteiger partial charge in [-0.3, -0.25) is 4.79 Å². The molecule has 0 saturated carbocycles. The van der Waals surface area contributed by atoms with Crippen LogP contribution >= 0.6 is 24.0 Å². The summed E-state index contributed by atoms with van der Waals surface area (Å²) in [7, 11) is 5.40. The van der Waals surface area contributed by atoms with Crippen molar-refractivity contribution >= 4 is 35.6 Å². The van der Waals surface area contributed by atoms with Gasteiger partial charge in [-0.1, -0.05) is 11.6 Å². The number of piperidine rings is 3. The van der Waals surface area contributed by atoms with E-state index in [1.54, 1.807) is 13.2 Å². The topological polar surface area (TPSA) is 44.8 Å². The van der Waals surface area contributed by atoms with Crippen molar-refractivity contribution in [1.82, 2.24) is 10.2 Å². The molecule has 0 aromatic heterocycles. The van der Waals surface area contributed by atoms with Crippen LogP contribution in [0.3, 0.4) is 0 Å². The first kappa shape index (κ1) is 19.2. The molecule has 24 heavy (non-hydrogen) atoms. The number of nitrogens with zero attached hydrogens (tertiary/aromatic N) is 2. The van der Waals surface area contributed by atoms with E-state index in [-0.39, 0.29) is 24.4 Å². The van der Waals surface area contributed by atoms with E-state index < -0.39 is 0 Å². The number of hydrogen-bond donors (Lipinski definition) is 1. The molecular formula is C17H25Cl2N3O2. The summed E-state index contributed by atoms with van der Waals surface area (Å²) in [4.78, 5) is 17.0. The van der Waals surface area contributed by atoms with Crippen LogP contribution in [0.1, 0.15) is 23.2 Å². The van der Waals surface area contributed by atoms with Crippen LogP contribution in [-0.2, 0) is 0 Å². The second-order valence-corrected chi connectivity index (χ2v) is 7.02. The molecule has 134 valence electrons. The fourth-order valence-corrected chi connectivity index (χ4v) is 3.94. The lowest BCUT2D eigenvalue weighted by Gasteiger charge is -2.44. The molecule has 5 nitrogen and oxygen atoms in total. The van der Waals surface area contributed by atoms with Gasteiger partial charge in [-0.05, 0) is 37.9 Å². The molecule has 1 N–H and O–H groups in total. The van der Waals surface area contributed by atoms with Gasteiger partial charge < -0.3 is 19.9 Å². The fourth-order valence-electron chi connectivity index (χ4n) is 3.61. The summed E-state index contributed by atoms with van der Waals surface area (Å²) in [6.07, 6.45) is 2.34. The van der Waals surface area contributed by atoms with Gasteiger partial charge in [0.15, 0.2) is 0 Å². The molecule has 7 heteroatoms.